The largest absolute Gasteiger partial charge is 0.411 e. The summed E-state index contributed by atoms with van der Waals surface area (Å²) >= 11 is 1.73. The molecule has 1 amide bonds. The number of rotatable bonds is 6. The molecule has 0 radical (unpaired) electrons. The average molecular weight is 378 g/mol. The molecule has 0 bridgehead atoms. The highest BCUT2D eigenvalue weighted by Gasteiger charge is 2.29. The Bertz CT molecular complexity index is 363. The summed E-state index contributed by atoms with van der Waals surface area (Å²) in [5.41, 5.74) is 0. The van der Waals surface area contributed by atoms with Gasteiger partial charge in [0.15, 0.2) is 0 Å². The molecule has 2 rings (SSSR count). The first kappa shape index (κ1) is 20.8. The van der Waals surface area contributed by atoms with Crippen molar-refractivity contribution in [1.82, 2.24) is 15.1 Å². The van der Waals surface area contributed by atoms with E-state index in [1.807, 2.05) is 4.90 Å². The van der Waals surface area contributed by atoms with E-state index in [-0.39, 0.29) is 31.0 Å². The van der Waals surface area contributed by atoms with Crippen molar-refractivity contribution in [2.75, 3.05) is 57.6 Å². The van der Waals surface area contributed by atoms with Crippen LogP contribution in [0.1, 0.15) is 6.42 Å². The first-order chi connectivity index (χ1) is 10.5. The molecule has 2 aliphatic rings. The number of alkyl halides is 3. The number of carbonyl (C=O) groups excluding carboxylic acids is 1. The molecule has 136 valence electrons. The van der Waals surface area contributed by atoms with Crippen molar-refractivity contribution >= 4 is 30.1 Å². The molecule has 5 nitrogen and oxygen atoms in total. The number of thioether (sulfide) groups is 1. The molecule has 0 spiro atoms. The maximum Gasteiger partial charge on any atom is 0.411 e. The predicted molar refractivity (Wildman–Crippen MR) is 86.0 cm³/mol. The van der Waals surface area contributed by atoms with Crippen LogP contribution in [0, 0.1) is 0 Å². The Kier molecular flexibility index (Phi) is 8.99. The number of hydrogen-bond acceptors (Lipinski definition) is 5. The minimum absolute atomic E-state index is 0. The molecule has 2 saturated heterocycles. The van der Waals surface area contributed by atoms with Gasteiger partial charge in [0.1, 0.15) is 6.61 Å². The van der Waals surface area contributed by atoms with Crippen molar-refractivity contribution < 1.29 is 22.7 Å². The summed E-state index contributed by atoms with van der Waals surface area (Å²) in [4.78, 5) is 16.2. The van der Waals surface area contributed by atoms with Gasteiger partial charge in [-0.15, -0.1) is 24.2 Å². The Hall–Kier alpha value is -0.220. The van der Waals surface area contributed by atoms with E-state index < -0.39 is 12.8 Å². The van der Waals surface area contributed by atoms with Gasteiger partial charge in [0, 0.05) is 51.0 Å². The van der Waals surface area contributed by atoms with Crippen molar-refractivity contribution in [3.63, 3.8) is 0 Å². The van der Waals surface area contributed by atoms with Gasteiger partial charge in [-0.25, -0.2) is 0 Å². The summed E-state index contributed by atoms with van der Waals surface area (Å²) in [5, 5.41) is 3.18. The van der Waals surface area contributed by atoms with Crippen molar-refractivity contribution in [3.05, 3.63) is 0 Å². The van der Waals surface area contributed by atoms with Gasteiger partial charge >= 0.3 is 6.18 Å². The average Bonchev–Trinajstić information content (AvgIpc) is 3.00. The highest BCUT2D eigenvalue weighted by atomic mass is 35.5. The van der Waals surface area contributed by atoms with E-state index in [1.165, 1.54) is 0 Å². The molecular formula is C13H23ClF3N3O2S. The molecule has 0 aromatic rings. The van der Waals surface area contributed by atoms with Crippen LogP contribution < -0.4 is 5.32 Å². The van der Waals surface area contributed by atoms with Gasteiger partial charge < -0.3 is 9.64 Å². The third-order valence-corrected chi connectivity index (χ3v) is 4.67. The van der Waals surface area contributed by atoms with Gasteiger partial charge in [0.2, 0.25) is 5.91 Å². The summed E-state index contributed by atoms with van der Waals surface area (Å²) in [7, 11) is 0. The number of hydrogen-bond donors (Lipinski definition) is 1. The Morgan fingerprint density at radius 3 is 2.52 bits per heavy atom. The molecule has 2 fully saturated rings. The summed E-state index contributed by atoms with van der Waals surface area (Å²) in [6, 6.07) is -0.0627. The topological polar surface area (TPSA) is 44.8 Å². The standard InChI is InChI=1S/C13H22F3N3O2S.ClH/c14-13(15,16)9-21-7-1-2-18-3-5-19(6-4-18)12(20)11-8-22-10-17-11;/h11,17H,1-10H2;1H. The first-order valence-corrected chi connectivity index (χ1v) is 8.58. The number of piperazine rings is 1. The zero-order valence-corrected chi connectivity index (χ0v) is 14.4. The quantitative estimate of drug-likeness (QED) is 0.704. The van der Waals surface area contributed by atoms with Gasteiger partial charge in [-0.05, 0) is 6.42 Å². The second kappa shape index (κ2) is 9.93. The zero-order valence-electron chi connectivity index (χ0n) is 12.8. The normalized spacial score (nSPS) is 22.9. The molecule has 2 aliphatic heterocycles. The van der Waals surface area contributed by atoms with Crippen LogP contribution in [0.5, 0.6) is 0 Å². The lowest BCUT2D eigenvalue weighted by molar-refractivity contribution is -0.174. The third kappa shape index (κ3) is 7.47. The molecule has 0 aromatic carbocycles. The Balaban J connectivity index is 0.00000264. The molecular weight excluding hydrogens is 355 g/mol. The van der Waals surface area contributed by atoms with E-state index in [1.54, 1.807) is 11.8 Å². The van der Waals surface area contributed by atoms with Gasteiger partial charge in [-0.2, -0.15) is 13.2 Å². The summed E-state index contributed by atoms with van der Waals surface area (Å²) < 4.78 is 40.3. The number of nitrogens with zero attached hydrogens (tertiary/aromatic N) is 2. The number of amides is 1. The first-order valence-electron chi connectivity index (χ1n) is 7.42. The van der Waals surface area contributed by atoms with Crippen molar-refractivity contribution in [2.45, 2.75) is 18.6 Å². The molecule has 1 atom stereocenters. The summed E-state index contributed by atoms with van der Waals surface area (Å²) in [6.07, 6.45) is -3.68. The van der Waals surface area contributed by atoms with Crippen LogP contribution in [0.4, 0.5) is 13.2 Å². The molecule has 2 heterocycles. The van der Waals surface area contributed by atoms with E-state index in [0.29, 0.717) is 26.1 Å². The number of halogens is 4. The fourth-order valence-electron chi connectivity index (χ4n) is 2.54. The molecule has 0 aromatic heterocycles. The number of ether oxygens (including phenoxy) is 1. The minimum atomic E-state index is -4.25. The predicted octanol–water partition coefficient (Wildman–Crippen LogP) is 1.18. The SMILES string of the molecule is Cl.O=C(C1CSCN1)N1CCN(CCCOCC(F)(F)F)CC1. The Morgan fingerprint density at radius 2 is 1.96 bits per heavy atom. The van der Waals surface area contributed by atoms with Crippen LogP contribution in [-0.4, -0.2) is 85.5 Å². The minimum Gasteiger partial charge on any atom is -0.372 e. The lowest BCUT2D eigenvalue weighted by atomic mass is 10.2. The lowest BCUT2D eigenvalue weighted by Gasteiger charge is -2.35. The van der Waals surface area contributed by atoms with E-state index >= 15 is 0 Å². The molecule has 0 saturated carbocycles. The van der Waals surface area contributed by atoms with Crippen LogP contribution in [0.25, 0.3) is 0 Å². The Morgan fingerprint density at radius 1 is 1.26 bits per heavy atom. The van der Waals surface area contributed by atoms with Crippen molar-refractivity contribution in [3.8, 4) is 0 Å². The van der Waals surface area contributed by atoms with Gasteiger partial charge in [-0.1, -0.05) is 0 Å². The fourth-order valence-corrected chi connectivity index (χ4v) is 3.48. The van der Waals surface area contributed by atoms with E-state index in [9.17, 15) is 18.0 Å². The molecule has 23 heavy (non-hydrogen) atoms. The highest BCUT2D eigenvalue weighted by Crippen LogP contribution is 2.15. The number of nitrogens with one attached hydrogen (secondary N) is 1. The monoisotopic (exact) mass is 377 g/mol. The highest BCUT2D eigenvalue weighted by molar-refractivity contribution is 7.99. The van der Waals surface area contributed by atoms with Crippen LogP contribution in [0.15, 0.2) is 0 Å². The summed E-state index contributed by atoms with van der Waals surface area (Å²) in [5.74, 6) is 1.82. The van der Waals surface area contributed by atoms with Crippen LogP contribution >= 0.6 is 24.2 Å². The van der Waals surface area contributed by atoms with Gasteiger partial charge in [0.05, 0.1) is 6.04 Å². The van der Waals surface area contributed by atoms with Crippen LogP contribution in [0.3, 0.4) is 0 Å². The molecule has 10 heteroatoms. The smallest absolute Gasteiger partial charge is 0.372 e. The molecule has 1 unspecified atom stereocenters. The maximum absolute atomic E-state index is 12.2. The van der Waals surface area contributed by atoms with Crippen LogP contribution in [-0.2, 0) is 9.53 Å². The Labute approximate surface area is 144 Å². The molecule has 1 N–H and O–H groups in total. The van der Waals surface area contributed by atoms with E-state index in [2.05, 4.69) is 15.0 Å². The van der Waals surface area contributed by atoms with Crippen LogP contribution in [0.2, 0.25) is 0 Å². The number of carbonyl (C=O) groups is 1. The van der Waals surface area contributed by atoms with Crippen molar-refractivity contribution in [1.29, 1.82) is 0 Å². The maximum atomic E-state index is 12.2. The summed E-state index contributed by atoms with van der Waals surface area (Å²) in [6.45, 7) is 2.55. The third-order valence-electron chi connectivity index (χ3n) is 3.73. The zero-order chi connectivity index (χ0) is 16.0. The fraction of sp³-hybridized carbons (Fsp3) is 0.923. The second-order valence-corrected chi connectivity index (χ2v) is 6.49. The van der Waals surface area contributed by atoms with Gasteiger partial charge in [0.25, 0.3) is 0 Å². The van der Waals surface area contributed by atoms with E-state index in [4.69, 9.17) is 0 Å². The van der Waals surface area contributed by atoms with E-state index in [0.717, 1.165) is 24.7 Å². The lowest BCUT2D eigenvalue weighted by Crippen LogP contribution is -2.53. The second-order valence-electron chi connectivity index (χ2n) is 5.46. The van der Waals surface area contributed by atoms with Gasteiger partial charge in [-0.3, -0.25) is 15.0 Å². The molecule has 0 aliphatic carbocycles. The van der Waals surface area contributed by atoms with Crippen molar-refractivity contribution in [2.24, 2.45) is 0 Å².